The van der Waals surface area contributed by atoms with Gasteiger partial charge in [0.2, 0.25) is 0 Å². The topological polar surface area (TPSA) is 33.1 Å². The highest BCUT2D eigenvalue weighted by Crippen LogP contribution is 2.46. The summed E-state index contributed by atoms with van der Waals surface area (Å²) in [6.07, 6.45) is 3.91. The molecule has 1 N–H and O–H groups in total. The van der Waals surface area contributed by atoms with Gasteiger partial charge < -0.3 is 5.11 Å². The molecule has 1 aromatic heterocycles. The Hall–Kier alpha value is -2.97. The summed E-state index contributed by atoms with van der Waals surface area (Å²) in [6, 6.07) is 31.0. The normalized spacial score (nSPS) is 14.3. The van der Waals surface area contributed by atoms with Crippen molar-refractivity contribution in [3.8, 4) is 0 Å². The van der Waals surface area contributed by atoms with E-state index in [1.54, 1.807) is 0 Å². The quantitative estimate of drug-likeness (QED) is 0.314. The third-order valence-electron chi connectivity index (χ3n) is 6.31. The first kappa shape index (κ1) is 21.3. The van der Waals surface area contributed by atoms with E-state index in [9.17, 15) is 5.11 Å². The van der Waals surface area contributed by atoms with Gasteiger partial charge in [-0.2, -0.15) is 0 Å². The van der Waals surface area contributed by atoms with Gasteiger partial charge in [0, 0.05) is 17.0 Å². The molecule has 0 amide bonds. The molecule has 0 aliphatic rings. The molecule has 3 aromatic carbocycles. The van der Waals surface area contributed by atoms with Crippen molar-refractivity contribution >= 4 is 10.9 Å². The molecule has 0 radical (unpaired) electrons. The smallest absolute Gasteiger partial charge is 0.101 e. The van der Waals surface area contributed by atoms with Crippen molar-refractivity contribution in [2.75, 3.05) is 0 Å². The average Bonchev–Trinajstić information content (AvgIpc) is 2.81. The molecular weight excluding hydrogens is 378 g/mol. The summed E-state index contributed by atoms with van der Waals surface area (Å²) >= 11 is 0. The fraction of sp³-hybridized carbons (Fsp3) is 0.276. The minimum Gasteiger partial charge on any atom is -0.384 e. The van der Waals surface area contributed by atoms with Gasteiger partial charge in [-0.15, -0.1) is 0 Å². The lowest BCUT2D eigenvalue weighted by molar-refractivity contribution is 0.00758. The van der Waals surface area contributed by atoms with E-state index in [1.807, 2.05) is 42.5 Å². The van der Waals surface area contributed by atoms with Crippen LogP contribution in [0.25, 0.3) is 10.9 Å². The van der Waals surface area contributed by atoms with Crippen molar-refractivity contribution < 1.29 is 5.11 Å². The van der Waals surface area contributed by atoms with E-state index < -0.39 is 5.60 Å². The van der Waals surface area contributed by atoms with Crippen molar-refractivity contribution in [1.29, 1.82) is 0 Å². The van der Waals surface area contributed by atoms with Crippen LogP contribution in [0.1, 0.15) is 60.9 Å². The van der Waals surface area contributed by atoms with Gasteiger partial charge in [0.15, 0.2) is 0 Å². The number of para-hydroxylation sites is 1. The fourth-order valence-electron chi connectivity index (χ4n) is 4.71. The number of fused-ring (bicyclic) bond motifs is 1. The van der Waals surface area contributed by atoms with Crippen LogP contribution in [0.2, 0.25) is 0 Å². The average molecular weight is 410 g/mol. The Balaban J connectivity index is 1.94. The number of hydrogen-bond donors (Lipinski definition) is 1. The van der Waals surface area contributed by atoms with Crippen LogP contribution in [0.5, 0.6) is 0 Å². The van der Waals surface area contributed by atoms with Crippen molar-refractivity contribution in [1.82, 2.24) is 4.98 Å². The molecule has 0 spiro atoms. The highest BCUT2D eigenvalue weighted by molar-refractivity contribution is 5.79. The molecule has 0 saturated heterocycles. The summed E-state index contributed by atoms with van der Waals surface area (Å²) in [6.45, 7) is 4.27. The number of aliphatic hydroxyl groups is 1. The second kappa shape index (κ2) is 9.45. The minimum atomic E-state index is -1.02. The van der Waals surface area contributed by atoms with Gasteiger partial charge in [0.25, 0.3) is 0 Å². The zero-order chi connectivity index (χ0) is 21.7. The molecule has 0 bridgehead atoms. The van der Waals surface area contributed by atoms with E-state index in [0.29, 0.717) is 6.42 Å². The Morgan fingerprint density at radius 2 is 1.48 bits per heavy atom. The van der Waals surface area contributed by atoms with Gasteiger partial charge in [-0.1, -0.05) is 105 Å². The molecule has 158 valence electrons. The van der Waals surface area contributed by atoms with Crippen LogP contribution in [0.3, 0.4) is 0 Å². The zero-order valence-electron chi connectivity index (χ0n) is 18.5. The molecule has 2 nitrogen and oxygen atoms in total. The highest BCUT2D eigenvalue weighted by atomic mass is 16.3. The van der Waals surface area contributed by atoms with E-state index >= 15 is 0 Å². The van der Waals surface area contributed by atoms with Crippen molar-refractivity contribution in [3.05, 3.63) is 113 Å². The van der Waals surface area contributed by atoms with Crippen molar-refractivity contribution in [2.45, 2.75) is 51.0 Å². The number of pyridine rings is 1. The maximum atomic E-state index is 12.4. The molecule has 2 atom stereocenters. The number of nitrogens with zero attached hydrogens (tertiary/aromatic N) is 1. The van der Waals surface area contributed by atoms with E-state index in [4.69, 9.17) is 4.98 Å². The third-order valence-corrected chi connectivity index (χ3v) is 6.31. The van der Waals surface area contributed by atoms with E-state index in [-0.39, 0.29) is 5.92 Å². The molecule has 1 heterocycles. The van der Waals surface area contributed by atoms with Crippen LogP contribution < -0.4 is 0 Å². The van der Waals surface area contributed by atoms with Gasteiger partial charge in [-0.25, -0.2) is 0 Å². The number of unbranched alkanes of at least 4 members (excludes halogenated alkanes) is 2. The first-order valence-electron chi connectivity index (χ1n) is 11.3. The van der Waals surface area contributed by atoms with Gasteiger partial charge in [-0.05, 0) is 42.2 Å². The zero-order valence-corrected chi connectivity index (χ0v) is 18.5. The van der Waals surface area contributed by atoms with Crippen molar-refractivity contribution in [2.24, 2.45) is 0 Å². The number of rotatable bonds is 8. The van der Waals surface area contributed by atoms with E-state index in [1.165, 1.54) is 0 Å². The first-order valence-corrected chi connectivity index (χ1v) is 11.3. The van der Waals surface area contributed by atoms with Gasteiger partial charge in [0.1, 0.15) is 5.60 Å². The van der Waals surface area contributed by atoms with Crippen molar-refractivity contribution in [3.63, 3.8) is 0 Å². The van der Waals surface area contributed by atoms with Crippen LogP contribution in [0.4, 0.5) is 0 Å². The van der Waals surface area contributed by atoms with E-state index in [0.717, 1.165) is 52.5 Å². The number of hydrogen-bond acceptors (Lipinski definition) is 2. The second-order valence-corrected chi connectivity index (χ2v) is 8.45. The van der Waals surface area contributed by atoms with Gasteiger partial charge >= 0.3 is 0 Å². The molecule has 0 fully saturated rings. The second-order valence-electron chi connectivity index (χ2n) is 8.45. The first-order chi connectivity index (χ1) is 15.1. The maximum Gasteiger partial charge on any atom is 0.101 e. The highest BCUT2D eigenvalue weighted by Gasteiger charge is 2.41. The van der Waals surface area contributed by atoms with Gasteiger partial charge in [-0.3, -0.25) is 4.98 Å². The SMILES string of the molecule is CCCCCC(O)(c1ccccc1)C(c1ccccc1)c1cc2ccccc2nc1C. The van der Waals surface area contributed by atoms with E-state index in [2.05, 4.69) is 62.4 Å². The molecule has 31 heavy (non-hydrogen) atoms. The summed E-state index contributed by atoms with van der Waals surface area (Å²) in [5.74, 6) is -0.204. The summed E-state index contributed by atoms with van der Waals surface area (Å²) in [5.41, 5.74) is 4.11. The predicted molar refractivity (Wildman–Crippen MR) is 129 cm³/mol. The van der Waals surface area contributed by atoms with Crippen LogP contribution in [-0.2, 0) is 5.60 Å². The molecule has 0 aliphatic carbocycles. The standard InChI is InChI=1S/C29H31NO/c1-3-4-13-20-29(31,25-17-9-6-10-18-25)28(23-14-7-5-8-15-23)26-21-24-16-11-12-19-27(24)30-22(26)2/h5-12,14-19,21,28,31H,3-4,13,20H2,1-2H3. The Morgan fingerprint density at radius 3 is 2.19 bits per heavy atom. The molecule has 4 rings (SSSR count). The molecule has 0 aliphatic heterocycles. The molecular formula is C29H31NO. The monoisotopic (exact) mass is 409 g/mol. The molecule has 4 aromatic rings. The Kier molecular flexibility index (Phi) is 6.48. The lowest BCUT2D eigenvalue weighted by atomic mass is 9.70. The summed E-state index contributed by atoms with van der Waals surface area (Å²) < 4.78 is 0. The largest absolute Gasteiger partial charge is 0.384 e. The molecule has 2 unspecified atom stereocenters. The number of aryl methyl sites for hydroxylation is 1. The van der Waals surface area contributed by atoms with Crippen LogP contribution in [0.15, 0.2) is 91.0 Å². The van der Waals surface area contributed by atoms with Crippen LogP contribution in [-0.4, -0.2) is 10.1 Å². The van der Waals surface area contributed by atoms with Crippen LogP contribution >= 0.6 is 0 Å². The minimum absolute atomic E-state index is 0.204. The third kappa shape index (κ3) is 4.40. The lowest BCUT2D eigenvalue weighted by Gasteiger charge is -2.38. The fourth-order valence-corrected chi connectivity index (χ4v) is 4.71. The Morgan fingerprint density at radius 1 is 0.839 bits per heavy atom. The van der Waals surface area contributed by atoms with Crippen LogP contribution in [0, 0.1) is 6.92 Å². The summed E-state index contributed by atoms with van der Waals surface area (Å²) in [4.78, 5) is 4.91. The molecule has 2 heteroatoms. The Bertz CT molecular complexity index is 1120. The molecule has 0 saturated carbocycles. The lowest BCUT2D eigenvalue weighted by Crippen LogP contribution is -2.35. The summed E-state index contributed by atoms with van der Waals surface area (Å²) in [7, 11) is 0. The maximum absolute atomic E-state index is 12.4. The predicted octanol–water partition coefficient (Wildman–Crippen LogP) is 7.14. The Labute approximate surface area is 185 Å². The van der Waals surface area contributed by atoms with Gasteiger partial charge in [0.05, 0.1) is 5.52 Å². The number of benzene rings is 3. The summed E-state index contributed by atoms with van der Waals surface area (Å²) in [5, 5.41) is 13.5. The number of aromatic nitrogens is 1.